The molecule has 1 aromatic carbocycles. The van der Waals surface area contributed by atoms with E-state index in [2.05, 4.69) is 77.0 Å². The van der Waals surface area contributed by atoms with Gasteiger partial charge in [0.05, 0.1) is 0 Å². The van der Waals surface area contributed by atoms with Crippen LogP contribution in [0.25, 0.3) is 0 Å². The van der Waals surface area contributed by atoms with Crippen molar-refractivity contribution in [1.82, 2.24) is 15.5 Å². The fourth-order valence-electron chi connectivity index (χ4n) is 2.31. The van der Waals surface area contributed by atoms with E-state index in [1.807, 2.05) is 14.0 Å². The minimum absolute atomic E-state index is 0.517. The number of guanidine groups is 1. The summed E-state index contributed by atoms with van der Waals surface area (Å²) in [6.45, 7) is 7.13. The third-order valence-electron chi connectivity index (χ3n) is 3.94. The molecule has 0 aliphatic rings. The number of nitrogens with one attached hydrogen (secondary N) is 2. The van der Waals surface area contributed by atoms with E-state index in [4.69, 9.17) is 0 Å². The lowest BCUT2D eigenvalue weighted by molar-refractivity contribution is 0.238. The molecule has 1 rings (SSSR count). The molecule has 0 heterocycles. The summed E-state index contributed by atoms with van der Waals surface area (Å²) in [6, 6.07) is 11.1. The van der Waals surface area contributed by atoms with Gasteiger partial charge in [0.15, 0.2) is 5.96 Å². The van der Waals surface area contributed by atoms with E-state index in [-0.39, 0.29) is 0 Å². The van der Waals surface area contributed by atoms with E-state index >= 15 is 0 Å². The Hall–Kier alpha value is -1.81. The highest BCUT2D eigenvalue weighted by atomic mass is 15.2. The summed E-state index contributed by atoms with van der Waals surface area (Å²) in [5.74, 6) is 0.882. The molecule has 2 N–H and O–H groups in total. The first-order valence-corrected chi connectivity index (χ1v) is 8.47. The topological polar surface area (TPSA) is 39.7 Å². The predicted molar refractivity (Wildman–Crippen MR) is 101 cm³/mol. The summed E-state index contributed by atoms with van der Waals surface area (Å²) in [4.78, 5) is 6.64. The average Bonchev–Trinajstić information content (AvgIpc) is 2.57. The third-order valence-corrected chi connectivity index (χ3v) is 3.94. The lowest BCUT2D eigenvalue weighted by Crippen LogP contribution is -2.40. The van der Waals surface area contributed by atoms with E-state index in [1.165, 1.54) is 5.56 Å². The minimum Gasteiger partial charge on any atom is -0.356 e. The molecule has 0 fully saturated rings. The van der Waals surface area contributed by atoms with Gasteiger partial charge in [0, 0.05) is 32.7 Å². The van der Waals surface area contributed by atoms with Crippen LogP contribution in [0.4, 0.5) is 0 Å². The van der Waals surface area contributed by atoms with Crippen LogP contribution in [-0.2, 0) is 6.54 Å². The molecule has 0 aromatic heterocycles. The Kier molecular flexibility index (Phi) is 9.80. The SMILES string of the molecule is C/C=C/CCNC(=NC)NCCC(C)N(C)Cc1ccccc1. The first-order chi connectivity index (χ1) is 11.2. The van der Waals surface area contributed by atoms with Gasteiger partial charge in [-0.2, -0.15) is 0 Å². The van der Waals surface area contributed by atoms with Crippen molar-refractivity contribution in [2.45, 2.75) is 39.3 Å². The molecule has 0 aliphatic heterocycles. The van der Waals surface area contributed by atoms with Crippen LogP contribution in [0.3, 0.4) is 0 Å². The summed E-state index contributed by atoms with van der Waals surface area (Å²) in [5, 5.41) is 6.71. The van der Waals surface area contributed by atoms with E-state index in [9.17, 15) is 0 Å². The van der Waals surface area contributed by atoms with Crippen molar-refractivity contribution >= 4 is 5.96 Å². The van der Waals surface area contributed by atoms with Gasteiger partial charge in [0.2, 0.25) is 0 Å². The first-order valence-electron chi connectivity index (χ1n) is 8.47. The third kappa shape index (κ3) is 8.41. The Morgan fingerprint density at radius 1 is 1.22 bits per heavy atom. The zero-order valence-electron chi connectivity index (χ0n) is 15.0. The van der Waals surface area contributed by atoms with Gasteiger partial charge >= 0.3 is 0 Å². The highest BCUT2D eigenvalue weighted by Gasteiger charge is 2.09. The van der Waals surface area contributed by atoms with Crippen LogP contribution >= 0.6 is 0 Å². The Labute approximate surface area is 141 Å². The number of allylic oxidation sites excluding steroid dienone is 1. The van der Waals surface area contributed by atoms with E-state index < -0.39 is 0 Å². The molecule has 0 bridgehead atoms. The van der Waals surface area contributed by atoms with E-state index in [0.717, 1.165) is 38.4 Å². The Bertz CT molecular complexity index is 468. The number of rotatable bonds is 9. The maximum absolute atomic E-state index is 4.25. The molecule has 0 spiro atoms. The second-order valence-electron chi connectivity index (χ2n) is 5.82. The second-order valence-corrected chi connectivity index (χ2v) is 5.82. The number of benzene rings is 1. The van der Waals surface area contributed by atoms with Crippen LogP contribution < -0.4 is 10.6 Å². The van der Waals surface area contributed by atoms with E-state index in [1.54, 1.807) is 0 Å². The molecule has 0 aliphatic carbocycles. The zero-order valence-corrected chi connectivity index (χ0v) is 15.0. The Morgan fingerprint density at radius 2 is 1.91 bits per heavy atom. The molecular weight excluding hydrogens is 284 g/mol. The monoisotopic (exact) mass is 316 g/mol. The Balaban J connectivity index is 2.24. The van der Waals surface area contributed by atoms with Crippen LogP contribution in [0.5, 0.6) is 0 Å². The normalized spacial score (nSPS) is 13.5. The number of hydrogen-bond donors (Lipinski definition) is 2. The molecule has 0 saturated carbocycles. The van der Waals surface area contributed by atoms with Gasteiger partial charge in [0.1, 0.15) is 0 Å². The average molecular weight is 316 g/mol. The molecule has 1 unspecified atom stereocenters. The van der Waals surface area contributed by atoms with Crippen LogP contribution in [0.1, 0.15) is 32.3 Å². The number of hydrogen-bond acceptors (Lipinski definition) is 2. The summed E-state index contributed by atoms with van der Waals surface area (Å²) in [7, 11) is 4.00. The van der Waals surface area contributed by atoms with Crippen molar-refractivity contribution in [3.05, 3.63) is 48.0 Å². The molecule has 4 heteroatoms. The van der Waals surface area contributed by atoms with Crippen LogP contribution in [0.2, 0.25) is 0 Å². The molecule has 23 heavy (non-hydrogen) atoms. The van der Waals surface area contributed by atoms with Crippen molar-refractivity contribution in [2.24, 2.45) is 4.99 Å². The van der Waals surface area contributed by atoms with Crippen molar-refractivity contribution in [2.75, 3.05) is 27.2 Å². The fourth-order valence-corrected chi connectivity index (χ4v) is 2.31. The van der Waals surface area contributed by atoms with Gasteiger partial charge in [-0.05, 0) is 39.3 Å². The van der Waals surface area contributed by atoms with Crippen molar-refractivity contribution in [1.29, 1.82) is 0 Å². The molecule has 0 amide bonds. The summed E-state index contributed by atoms with van der Waals surface area (Å²) < 4.78 is 0. The highest BCUT2D eigenvalue weighted by Crippen LogP contribution is 2.07. The maximum atomic E-state index is 4.25. The van der Waals surface area contributed by atoms with Crippen molar-refractivity contribution < 1.29 is 0 Å². The van der Waals surface area contributed by atoms with Gasteiger partial charge in [-0.1, -0.05) is 42.5 Å². The zero-order chi connectivity index (χ0) is 16.9. The van der Waals surface area contributed by atoms with Gasteiger partial charge in [-0.3, -0.25) is 9.89 Å². The standard InChI is InChI=1S/C19H32N4/c1-5-6-10-14-21-19(20-3)22-15-13-17(2)23(4)16-18-11-8-7-9-12-18/h5-9,11-12,17H,10,13-16H2,1-4H3,(H2,20,21,22)/b6-5+. The van der Waals surface area contributed by atoms with Crippen molar-refractivity contribution in [3.63, 3.8) is 0 Å². The van der Waals surface area contributed by atoms with E-state index in [0.29, 0.717) is 6.04 Å². The van der Waals surface area contributed by atoms with Gasteiger partial charge in [-0.15, -0.1) is 0 Å². The smallest absolute Gasteiger partial charge is 0.190 e. The quantitative estimate of drug-likeness (QED) is 0.318. The number of nitrogens with zero attached hydrogens (tertiary/aromatic N) is 2. The molecule has 0 saturated heterocycles. The minimum atomic E-state index is 0.517. The molecule has 4 nitrogen and oxygen atoms in total. The predicted octanol–water partition coefficient (Wildman–Crippen LogP) is 3.03. The lowest BCUT2D eigenvalue weighted by Gasteiger charge is -2.25. The van der Waals surface area contributed by atoms with Crippen LogP contribution in [0.15, 0.2) is 47.5 Å². The summed E-state index contributed by atoms with van der Waals surface area (Å²) in [6.07, 6.45) is 6.33. The molecular formula is C19H32N4. The second kappa shape index (κ2) is 11.7. The summed E-state index contributed by atoms with van der Waals surface area (Å²) >= 11 is 0. The van der Waals surface area contributed by atoms with Crippen LogP contribution in [-0.4, -0.2) is 44.1 Å². The molecule has 1 aromatic rings. The Morgan fingerprint density at radius 3 is 2.57 bits per heavy atom. The highest BCUT2D eigenvalue weighted by molar-refractivity contribution is 5.79. The molecule has 1 atom stereocenters. The largest absolute Gasteiger partial charge is 0.356 e. The van der Waals surface area contributed by atoms with Gasteiger partial charge in [-0.25, -0.2) is 0 Å². The van der Waals surface area contributed by atoms with Gasteiger partial charge < -0.3 is 10.6 Å². The first kappa shape index (κ1) is 19.2. The lowest BCUT2D eigenvalue weighted by atomic mass is 10.1. The maximum Gasteiger partial charge on any atom is 0.190 e. The van der Waals surface area contributed by atoms with Crippen LogP contribution in [0, 0.1) is 0 Å². The molecule has 0 radical (unpaired) electrons. The van der Waals surface area contributed by atoms with Crippen molar-refractivity contribution in [3.8, 4) is 0 Å². The fraction of sp³-hybridized carbons (Fsp3) is 0.526. The number of aliphatic imine (C=N–C) groups is 1. The van der Waals surface area contributed by atoms with Gasteiger partial charge in [0.25, 0.3) is 0 Å². The molecule has 128 valence electrons. The summed E-state index contributed by atoms with van der Waals surface area (Å²) in [5.41, 5.74) is 1.36.